The van der Waals surface area contributed by atoms with E-state index >= 15 is 0 Å². The molecule has 1 aromatic carbocycles. The van der Waals surface area contributed by atoms with Gasteiger partial charge in [-0.1, -0.05) is 6.92 Å². The van der Waals surface area contributed by atoms with Crippen LogP contribution in [0, 0.1) is 10.1 Å². The standard InChI is InChI=1S/C11H14N4O5S2/c1-3-22(19)9-6(12)4-5-7(8(9)15(17)18)13-10(21)14-11(16)20-2/h4-5H,3,12H2,1-2H3,(H2,13,14,16,21). The minimum atomic E-state index is -1.63. The third kappa shape index (κ3) is 4.11. The number of carbonyl (C=O) groups excluding carboxylic acids is 1. The van der Waals surface area contributed by atoms with Gasteiger partial charge in [-0.3, -0.25) is 19.6 Å². The molecule has 0 aliphatic carbocycles. The van der Waals surface area contributed by atoms with Crippen molar-refractivity contribution in [2.45, 2.75) is 11.8 Å². The Balaban J connectivity index is 3.26. The van der Waals surface area contributed by atoms with Gasteiger partial charge in [-0.2, -0.15) is 0 Å². The average molecular weight is 346 g/mol. The number of ether oxygens (including phenoxy) is 1. The van der Waals surface area contributed by atoms with Gasteiger partial charge in [0.05, 0.1) is 28.5 Å². The fourth-order valence-electron chi connectivity index (χ4n) is 1.55. The highest BCUT2D eigenvalue weighted by Crippen LogP contribution is 2.35. The van der Waals surface area contributed by atoms with E-state index in [9.17, 15) is 19.1 Å². The van der Waals surface area contributed by atoms with Crippen LogP contribution in [0.25, 0.3) is 0 Å². The van der Waals surface area contributed by atoms with Crippen molar-refractivity contribution in [3.63, 3.8) is 0 Å². The van der Waals surface area contributed by atoms with Gasteiger partial charge in [0.2, 0.25) is 0 Å². The molecule has 1 aromatic rings. The van der Waals surface area contributed by atoms with Crippen molar-refractivity contribution in [1.29, 1.82) is 0 Å². The maximum atomic E-state index is 12.0. The van der Waals surface area contributed by atoms with Crippen molar-refractivity contribution in [3.8, 4) is 0 Å². The highest BCUT2D eigenvalue weighted by molar-refractivity contribution is 7.85. The summed E-state index contributed by atoms with van der Waals surface area (Å²) in [4.78, 5) is 21.5. The fraction of sp³-hybridized carbons (Fsp3) is 0.273. The number of carbonyl (C=O) groups is 1. The Labute approximate surface area is 133 Å². The van der Waals surface area contributed by atoms with Crippen LogP contribution in [-0.4, -0.2) is 33.2 Å². The summed E-state index contributed by atoms with van der Waals surface area (Å²) in [5.41, 5.74) is 5.26. The van der Waals surface area contributed by atoms with Gasteiger partial charge in [0.1, 0.15) is 10.6 Å². The summed E-state index contributed by atoms with van der Waals surface area (Å²) in [5.74, 6) is 0.166. The average Bonchev–Trinajstić information content (AvgIpc) is 2.47. The van der Waals surface area contributed by atoms with Crippen molar-refractivity contribution >= 4 is 51.3 Å². The van der Waals surface area contributed by atoms with E-state index in [0.29, 0.717) is 0 Å². The molecule has 0 heterocycles. The number of rotatable bonds is 4. The van der Waals surface area contributed by atoms with Gasteiger partial charge >= 0.3 is 11.8 Å². The first kappa shape index (κ1) is 17.8. The van der Waals surface area contributed by atoms with E-state index in [2.05, 4.69) is 15.4 Å². The van der Waals surface area contributed by atoms with Gasteiger partial charge in [0, 0.05) is 5.75 Å². The number of hydrogen-bond acceptors (Lipinski definition) is 7. The summed E-state index contributed by atoms with van der Waals surface area (Å²) in [6.07, 6.45) is -0.826. The number of nitrogens with zero attached hydrogens (tertiary/aromatic N) is 1. The quantitative estimate of drug-likeness (QED) is 0.322. The Hall–Kier alpha value is -2.27. The molecule has 0 spiro atoms. The minimum absolute atomic E-state index is 0.0302. The largest absolute Gasteiger partial charge is 0.453 e. The topological polar surface area (TPSA) is 137 Å². The number of hydrogen-bond donors (Lipinski definition) is 3. The molecule has 4 N–H and O–H groups in total. The molecule has 9 nitrogen and oxygen atoms in total. The number of nitrogen functional groups attached to an aromatic ring is 1. The lowest BCUT2D eigenvalue weighted by Crippen LogP contribution is -2.34. The van der Waals surface area contributed by atoms with E-state index in [-0.39, 0.29) is 27.1 Å². The van der Waals surface area contributed by atoms with Gasteiger partial charge in [-0.25, -0.2) is 4.79 Å². The van der Waals surface area contributed by atoms with Gasteiger partial charge < -0.3 is 15.8 Å². The Kier molecular flexibility index (Phi) is 6.19. The fourth-order valence-corrected chi connectivity index (χ4v) is 2.76. The molecule has 1 unspecified atom stereocenters. The maximum Gasteiger partial charge on any atom is 0.413 e. The van der Waals surface area contributed by atoms with Gasteiger partial charge in [-0.15, -0.1) is 0 Å². The van der Waals surface area contributed by atoms with E-state index < -0.39 is 27.5 Å². The van der Waals surface area contributed by atoms with Crippen molar-refractivity contribution in [3.05, 3.63) is 22.2 Å². The van der Waals surface area contributed by atoms with Crippen molar-refractivity contribution < 1.29 is 18.7 Å². The summed E-state index contributed by atoms with van der Waals surface area (Å²) in [6.45, 7) is 1.61. The van der Waals surface area contributed by atoms with Crippen LogP contribution in [0.3, 0.4) is 0 Å². The lowest BCUT2D eigenvalue weighted by atomic mass is 10.2. The smallest absolute Gasteiger partial charge is 0.413 e. The van der Waals surface area contributed by atoms with Gasteiger partial charge in [0.25, 0.3) is 0 Å². The molecule has 0 bridgehead atoms. The minimum Gasteiger partial charge on any atom is -0.453 e. The predicted octanol–water partition coefficient (Wildman–Crippen LogP) is 1.36. The second-order valence-corrected chi connectivity index (χ2v) is 5.93. The molecule has 0 fully saturated rings. The maximum absolute atomic E-state index is 12.0. The second-order valence-electron chi connectivity index (χ2n) is 3.84. The Morgan fingerprint density at radius 2 is 2.18 bits per heavy atom. The van der Waals surface area contributed by atoms with E-state index in [1.165, 1.54) is 12.1 Å². The molecular weight excluding hydrogens is 332 g/mol. The molecule has 22 heavy (non-hydrogen) atoms. The molecule has 0 aromatic heterocycles. The Morgan fingerprint density at radius 3 is 2.68 bits per heavy atom. The third-order valence-electron chi connectivity index (χ3n) is 2.48. The normalized spacial score (nSPS) is 11.4. The Morgan fingerprint density at radius 1 is 1.55 bits per heavy atom. The molecule has 0 saturated heterocycles. The molecule has 1 rings (SSSR count). The van der Waals surface area contributed by atoms with Crippen LogP contribution in [0.1, 0.15) is 6.92 Å². The summed E-state index contributed by atoms with van der Waals surface area (Å²) in [6, 6.07) is 2.69. The van der Waals surface area contributed by atoms with Crippen molar-refractivity contribution in [2.75, 3.05) is 23.9 Å². The number of nitro groups is 1. The number of methoxy groups -OCH3 is 1. The Bertz CT molecular complexity index is 650. The van der Waals surface area contributed by atoms with Crippen LogP contribution < -0.4 is 16.4 Å². The van der Waals surface area contributed by atoms with E-state index in [4.69, 9.17) is 18.0 Å². The number of nitrogens with two attached hydrogens (primary N) is 1. The summed E-state index contributed by atoms with van der Waals surface area (Å²) < 4.78 is 16.4. The molecule has 1 amide bonds. The van der Waals surface area contributed by atoms with Crippen molar-refractivity contribution in [2.24, 2.45) is 0 Å². The third-order valence-corrected chi connectivity index (χ3v) is 4.10. The SMILES string of the molecule is CCS(=O)c1c(N)ccc(NC(=S)NC(=O)OC)c1[N+](=O)[O-]. The highest BCUT2D eigenvalue weighted by atomic mass is 32.2. The lowest BCUT2D eigenvalue weighted by Gasteiger charge is -2.12. The monoisotopic (exact) mass is 346 g/mol. The summed E-state index contributed by atoms with van der Waals surface area (Å²) >= 11 is 4.84. The lowest BCUT2D eigenvalue weighted by molar-refractivity contribution is -0.386. The molecule has 11 heteroatoms. The number of anilines is 2. The molecule has 0 aliphatic rings. The van der Waals surface area contributed by atoms with Crippen LogP contribution in [0.5, 0.6) is 0 Å². The van der Waals surface area contributed by atoms with Crippen LogP contribution in [0.2, 0.25) is 0 Å². The van der Waals surface area contributed by atoms with Crippen molar-refractivity contribution in [1.82, 2.24) is 5.32 Å². The number of benzene rings is 1. The van der Waals surface area contributed by atoms with Crippen LogP contribution in [0.4, 0.5) is 21.9 Å². The zero-order valence-electron chi connectivity index (χ0n) is 11.7. The van der Waals surface area contributed by atoms with Crippen LogP contribution >= 0.6 is 12.2 Å². The number of nitrogens with one attached hydrogen (secondary N) is 2. The van der Waals surface area contributed by atoms with E-state index in [0.717, 1.165) is 7.11 Å². The number of thiocarbonyl (C=S) groups is 1. The second kappa shape index (κ2) is 7.66. The zero-order valence-corrected chi connectivity index (χ0v) is 13.4. The first-order valence-corrected chi connectivity index (χ1v) is 7.65. The van der Waals surface area contributed by atoms with Gasteiger partial charge in [0.15, 0.2) is 5.11 Å². The zero-order chi connectivity index (χ0) is 16.9. The van der Waals surface area contributed by atoms with Gasteiger partial charge in [-0.05, 0) is 24.4 Å². The van der Waals surface area contributed by atoms with E-state index in [1.54, 1.807) is 6.92 Å². The molecule has 0 aliphatic heterocycles. The number of nitro benzene ring substituents is 1. The predicted molar refractivity (Wildman–Crippen MR) is 86.2 cm³/mol. The molecule has 1 atom stereocenters. The molecule has 0 saturated carbocycles. The highest BCUT2D eigenvalue weighted by Gasteiger charge is 2.26. The molecule has 0 radical (unpaired) electrons. The first-order chi connectivity index (χ1) is 10.3. The van der Waals surface area contributed by atoms with Crippen LogP contribution in [0.15, 0.2) is 17.0 Å². The summed E-state index contributed by atoms with van der Waals surface area (Å²) in [5, 5.41) is 15.7. The first-order valence-electron chi connectivity index (χ1n) is 5.93. The number of amides is 1. The van der Waals surface area contributed by atoms with Crippen LogP contribution in [-0.2, 0) is 15.5 Å². The summed E-state index contributed by atoms with van der Waals surface area (Å²) in [7, 11) is -0.489. The molecule has 120 valence electrons. The molecular formula is C11H14N4O5S2. The number of alkyl carbamates (subject to hydrolysis) is 1. The van der Waals surface area contributed by atoms with E-state index in [1.807, 2.05) is 0 Å².